The molecule has 1 rings (SSSR count). The molecule has 1 atom stereocenters. The third kappa shape index (κ3) is 1.95. The molecule has 0 aromatic rings. The molecule has 1 heterocycles. The molecule has 0 N–H and O–H groups in total. The first-order chi connectivity index (χ1) is 5.79. The maximum Gasteiger partial charge on any atom is 0.189 e. The first-order valence-electron chi connectivity index (χ1n) is 4.08. The van der Waals surface area contributed by atoms with Crippen LogP contribution in [0.3, 0.4) is 0 Å². The van der Waals surface area contributed by atoms with Gasteiger partial charge >= 0.3 is 0 Å². The van der Waals surface area contributed by atoms with Crippen LogP contribution in [0, 0.1) is 5.21 Å². The molecule has 0 bridgehead atoms. The van der Waals surface area contributed by atoms with Gasteiger partial charge in [-0.3, -0.25) is 0 Å². The second-order valence-corrected chi connectivity index (χ2v) is 2.97. The Morgan fingerprint density at radius 3 is 2.83 bits per heavy atom. The van der Waals surface area contributed by atoms with Gasteiger partial charge in [-0.25, -0.2) is 4.74 Å². The minimum Gasteiger partial charge on any atom is -0.624 e. The molecule has 1 aliphatic rings. The molecule has 0 saturated carbocycles. The lowest BCUT2D eigenvalue weighted by Crippen LogP contribution is -2.25. The van der Waals surface area contributed by atoms with Crippen LogP contribution in [-0.2, 0) is 9.47 Å². The molecular weight excluding hydrogens is 158 g/mol. The Kier molecular flexibility index (Phi) is 3.49. The number of methoxy groups -OCH3 is 2. The molecule has 0 unspecified atom stereocenters. The van der Waals surface area contributed by atoms with Crippen LogP contribution in [0.25, 0.3) is 0 Å². The smallest absolute Gasteiger partial charge is 0.189 e. The van der Waals surface area contributed by atoms with E-state index in [1.165, 1.54) is 0 Å². The van der Waals surface area contributed by atoms with E-state index in [4.69, 9.17) is 9.47 Å². The monoisotopic (exact) mass is 173 g/mol. The van der Waals surface area contributed by atoms with Crippen molar-refractivity contribution in [3.05, 3.63) is 5.21 Å². The maximum absolute atomic E-state index is 11.4. The molecular formula is C8H15NO3. The summed E-state index contributed by atoms with van der Waals surface area (Å²) in [4.78, 5) is 0. The van der Waals surface area contributed by atoms with Gasteiger partial charge in [0.05, 0.1) is 0 Å². The summed E-state index contributed by atoms with van der Waals surface area (Å²) in [5, 5.41) is 11.4. The fourth-order valence-corrected chi connectivity index (χ4v) is 1.46. The van der Waals surface area contributed by atoms with E-state index < -0.39 is 0 Å². The fourth-order valence-electron chi connectivity index (χ4n) is 1.46. The predicted molar refractivity (Wildman–Crippen MR) is 45.4 cm³/mol. The van der Waals surface area contributed by atoms with E-state index in [1.54, 1.807) is 14.2 Å². The zero-order valence-corrected chi connectivity index (χ0v) is 7.58. The molecule has 1 aliphatic heterocycles. The standard InChI is InChI=1S/C8H15NO3/c1-11-5-7-3-4-8(6-12-2)9(7)10/h7H,3-6H2,1-2H3/t7-/m1/s1. The van der Waals surface area contributed by atoms with Crippen molar-refractivity contribution >= 4 is 5.71 Å². The van der Waals surface area contributed by atoms with E-state index in [0.29, 0.717) is 13.2 Å². The predicted octanol–water partition coefficient (Wildman–Crippen LogP) is 0.393. The molecule has 12 heavy (non-hydrogen) atoms. The van der Waals surface area contributed by atoms with Gasteiger partial charge in [-0.2, -0.15) is 0 Å². The largest absolute Gasteiger partial charge is 0.624 e. The summed E-state index contributed by atoms with van der Waals surface area (Å²) in [5.41, 5.74) is 0.833. The van der Waals surface area contributed by atoms with Crippen molar-refractivity contribution in [3.8, 4) is 0 Å². The Bertz CT molecular complexity index is 179. The number of rotatable bonds is 4. The summed E-state index contributed by atoms with van der Waals surface area (Å²) in [5.74, 6) is 0. The molecule has 0 saturated heterocycles. The third-order valence-electron chi connectivity index (χ3n) is 2.08. The van der Waals surface area contributed by atoms with Gasteiger partial charge in [-0.1, -0.05) is 0 Å². The van der Waals surface area contributed by atoms with E-state index in [-0.39, 0.29) is 6.04 Å². The van der Waals surface area contributed by atoms with Crippen LogP contribution < -0.4 is 0 Å². The first-order valence-corrected chi connectivity index (χ1v) is 4.08. The molecule has 70 valence electrons. The van der Waals surface area contributed by atoms with E-state index in [1.807, 2.05) is 0 Å². The van der Waals surface area contributed by atoms with Gasteiger partial charge < -0.3 is 14.7 Å². The lowest BCUT2D eigenvalue weighted by molar-refractivity contribution is -0.497. The second kappa shape index (κ2) is 4.42. The zero-order valence-electron chi connectivity index (χ0n) is 7.58. The average Bonchev–Trinajstić information content (AvgIpc) is 2.38. The Labute approximate surface area is 72.4 Å². The number of nitrogens with zero attached hydrogens (tertiary/aromatic N) is 1. The van der Waals surface area contributed by atoms with Gasteiger partial charge in [0.25, 0.3) is 0 Å². The van der Waals surface area contributed by atoms with Crippen LogP contribution >= 0.6 is 0 Å². The van der Waals surface area contributed by atoms with Crippen LogP contribution in [0.2, 0.25) is 0 Å². The van der Waals surface area contributed by atoms with Crippen molar-refractivity contribution in [2.45, 2.75) is 18.9 Å². The third-order valence-corrected chi connectivity index (χ3v) is 2.08. The van der Waals surface area contributed by atoms with Gasteiger partial charge in [0, 0.05) is 27.1 Å². The minimum atomic E-state index is 0.000139. The van der Waals surface area contributed by atoms with E-state index >= 15 is 0 Å². The van der Waals surface area contributed by atoms with Crippen molar-refractivity contribution < 1.29 is 14.2 Å². The van der Waals surface area contributed by atoms with Gasteiger partial charge in [0.2, 0.25) is 0 Å². The number of hydroxylamine groups is 1. The molecule has 0 radical (unpaired) electrons. The van der Waals surface area contributed by atoms with Gasteiger partial charge in [0.15, 0.2) is 11.8 Å². The summed E-state index contributed by atoms with van der Waals surface area (Å²) in [6, 6.07) is 0.000139. The molecule has 0 aliphatic carbocycles. The second-order valence-electron chi connectivity index (χ2n) is 2.97. The van der Waals surface area contributed by atoms with Crippen LogP contribution in [0.4, 0.5) is 0 Å². The van der Waals surface area contributed by atoms with E-state index in [2.05, 4.69) is 0 Å². The molecule has 0 amide bonds. The number of hydrogen-bond acceptors (Lipinski definition) is 3. The number of ether oxygens (including phenoxy) is 2. The Balaban J connectivity index is 2.50. The molecule has 0 fully saturated rings. The topological polar surface area (TPSA) is 44.5 Å². The zero-order chi connectivity index (χ0) is 8.97. The maximum atomic E-state index is 11.4. The Morgan fingerprint density at radius 2 is 2.25 bits per heavy atom. The highest BCUT2D eigenvalue weighted by molar-refractivity contribution is 5.82. The quantitative estimate of drug-likeness (QED) is 0.456. The fraction of sp³-hybridized carbons (Fsp3) is 0.875. The van der Waals surface area contributed by atoms with Crippen LogP contribution in [0.5, 0.6) is 0 Å². The summed E-state index contributed by atoms with van der Waals surface area (Å²) >= 11 is 0. The average molecular weight is 173 g/mol. The number of hydrogen-bond donors (Lipinski definition) is 0. The van der Waals surface area contributed by atoms with Crippen LogP contribution in [0.1, 0.15) is 12.8 Å². The van der Waals surface area contributed by atoms with Gasteiger partial charge in [0.1, 0.15) is 13.2 Å². The van der Waals surface area contributed by atoms with E-state index in [9.17, 15) is 5.21 Å². The highest BCUT2D eigenvalue weighted by atomic mass is 16.5. The van der Waals surface area contributed by atoms with Gasteiger partial charge in [-0.05, 0) is 0 Å². The van der Waals surface area contributed by atoms with E-state index in [0.717, 1.165) is 23.3 Å². The molecule has 4 nitrogen and oxygen atoms in total. The van der Waals surface area contributed by atoms with Crippen LogP contribution in [-0.4, -0.2) is 43.9 Å². The summed E-state index contributed by atoms with van der Waals surface area (Å²) in [7, 11) is 3.21. The normalized spacial score (nSPS) is 23.7. The molecule has 0 aromatic carbocycles. The van der Waals surface area contributed by atoms with Crippen molar-refractivity contribution in [3.63, 3.8) is 0 Å². The van der Waals surface area contributed by atoms with Crippen molar-refractivity contribution in [1.82, 2.24) is 0 Å². The Hall–Kier alpha value is -0.610. The van der Waals surface area contributed by atoms with Crippen molar-refractivity contribution in [2.75, 3.05) is 27.4 Å². The molecule has 0 aromatic heterocycles. The first kappa shape index (κ1) is 9.48. The van der Waals surface area contributed by atoms with Crippen LogP contribution in [0.15, 0.2) is 0 Å². The summed E-state index contributed by atoms with van der Waals surface area (Å²) in [6.45, 7) is 0.959. The summed E-state index contributed by atoms with van der Waals surface area (Å²) in [6.07, 6.45) is 1.72. The van der Waals surface area contributed by atoms with Gasteiger partial charge in [-0.15, -0.1) is 0 Å². The Morgan fingerprint density at radius 1 is 1.50 bits per heavy atom. The lowest BCUT2D eigenvalue weighted by Gasteiger charge is -2.10. The summed E-state index contributed by atoms with van der Waals surface area (Å²) < 4.78 is 10.9. The molecule has 4 heteroatoms. The lowest BCUT2D eigenvalue weighted by atomic mass is 10.2. The van der Waals surface area contributed by atoms with Crippen molar-refractivity contribution in [1.29, 1.82) is 0 Å². The highest BCUT2D eigenvalue weighted by Crippen LogP contribution is 2.12. The molecule has 0 spiro atoms. The van der Waals surface area contributed by atoms with Crippen molar-refractivity contribution in [2.24, 2.45) is 0 Å². The SMILES string of the molecule is COCC1=[N+]([O-])[C@@H](COC)CC1. The minimum absolute atomic E-state index is 0.000139. The highest BCUT2D eigenvalue weighted by Gasteiger charge is 2.28.